The lowest BCUT2D eigenvalue weighted by Crippen LogP contribution is -2.40. The van der Waals surface area contributed by atoms with Crippen LogP contribution in [0.2, 0.25) is 0 Å². The third kappa shape index (κ3) is 3.11. The maximum atomic E-state index is 12.5. The predicted molar refractivity (Wildman–Crippen MR) is 104 cm³/mol. The molecule has 0 saturated carbocycles. The Hall–Kier alpha value is -2.06. The number of hydrogen-bond donors (Lipinski definition) is 2. The predicted octanol–water partition coefficient (Wildman–Crippen LogP) is 4.09. The molecule has 0 radical (unpaired) electrons. The van der Waals surface area contributed by atoms with E-state index < -0.39 is 5.60 Å². The maximum absolute atomic E-state index is 12.5. The molecule has 7 heteroatoms. The van der Waals surface area contributed by atoms with Crippen LogP contribution in [0.15, 0.2) is 58.6 Å². The highest BCUT2D eigenvalue weighted by Gasteiger charge is 2.34. The van der Waals surface area contributed by atoms with Crippen LogP contribution < -0.4 is 5.32 Å². The fourth-order valence-corrected chi connectivity index (χ4v) is 5.05. The van der Waals surface area contributed by atoms with Crippen molar-refractivity contribution in [3.63, 3.8) is 0 Å². The van der Waals surface area contributed by atoms with E-state index in [1.807, 2.05) is 58.6 Å². The van der Waals surface area contributed by atoms with E-state index in [0.29, 0.717) is 5.01 Å². The van der Waals surface area contributed by atoms with Gasteiger partial charge in [0.05, 0.1) is 16.8 Å². The number of thiophene rings is 2. The van der Waals surface area contributed by atoms with Crippen molar-refractivity contribution in [3.05, 3.63) is 74.1 Å². The number of carbonyl (C=O) groups is 1. The second kappa shape index (κ2) is 6.68. The summed E-state index contributed by atoms with van der Waals surface area (Å²) in [5, 5.41) is 20.2. The van der Waals surface area contributed by atoms with Gasteiger partial charge in [-0.3, -0.25) is 4.79 Å². The summed E-state index contributed by atoms with van der Waals surface area (Å²) in [5.74, 6) is -0.272. The smallest absolute Gasteiger partial charge is 0.280 e. The van der Waals surface area contributed by atoms with E-state index in [1.165, 1.54) is 34.0 Å². The number of rotatable bonds is 5. The molecule has 2 N–H and O–H groups in total. The van der Waals surface area contributed by atoms with Gasteiger partial charge < -0.3 is 10.4 Å². The first kappa shape index (κ1) is 16.4. The van der Waals surface area contributed by atoms with Gasteiger partial charge in [-0.25, -0.2) is 4.98 Å². The van der Waals surface area contributed by atoms with Crippen molar-refractivity contribution in [2.75, 3.05) is 6.54 Å². The number of carbonyl (C=O) groups excluding carboxylic acids is 1. The molecule has 0 fully saturated rings. The average Bonchev–Trinajstić information content (AvgIpc) is 3.40. The Morgan fingerprint density at radius 2 is 2.04 bits per heavy atom. The highest BCUT2D eigenvalue weighted by atomic mass is 32.1. The van der Waals surface area contributed by atoms with Gasteiger partial charge in [0, 0.05) is 10.4 Å². The summed E-state index contributed by atoms with van der Waals surface area (Å²) in [5.41, 5.74) is 0.356. The molecule has 0 aliphatic heterocycles. The largest absolute Gasteiger partial charge is 0.378 e. The van der Waals surface area contributed by atoms with E-state index in [9.17, 15) is 9.90 Å². The molecule has 0 spiro atoms. The molecule has 0 unspecified atom stereocenters. The highest BCUT2D eigenvalue weighted by Crippen LogP contribution is 2.33. The Bertz CT molecular complexity index is 923. The maximum Gasteiger partial charge on any atom is 0.280 e. The van der Waals surface area contributed by atoms with Gasteiger partial charge in [0.1, 0.15) is 5.60 Å². The molecule has 0 aliphatic rings. The Labute approximate surface area is 156 Å². The second-order valence-electron chi connectivity index (χ2n) is 5.52. The minimum Gasteiger partial charge on any atom is -0.378 e. The fraction of sp³-hybridized carbons (Fsp3) is 0.111. The summed E-state index contributed by atoms with van der Waals surface area (Å²) in [7, 11) is 0. The van der Waals surface area contributed by atoms with Crippen molar-refractivity contribution in [1.29, 1.82) is 0 Å². The van der Waals surface area contributed by atoms with E-state index in [2.05, 4.69) is 10.3 Å². The van der Waals surface area contributed by atoms with Crippen LogP contribution in [0.4, 0.5) is 0 Å². The van der Waals surface area contributed by atoms with Crippen molar-refractivity contribution in [2.24, 2.45) is 0 Å². The number of nitrogens with one attached hydrogen (secondary N) is 1. The number of amides is 1. The molecular formula is C18H14N2O2S3. The molecule has 1 atom stereocenters. The Kier molecular flexibility index (Phi) is 4.39. The molecule has 4 rings (SSSR count). The summed E-state index contributed by atoms with van der Waals surface area (Å²) < 4.78 is 0.971. The number of aromatic nitrogens is 1. The van der Waals surface area contributed by atoms with E-state index in [4.69, 9.17) is 0 Å². The summed E-state index contributed by atoms with van der Waals surface area (Å²) in [6.45, 7) is 0.0962. The molecule has 126 valence electrons. The highest BCUT2D eigenvalue weighted by molar-refractivity contribution is 7.20. The summed E-state index contributed by atoms with van der Waals surface area (Å²) in [6, 6.07) is 13.3. The Morgan fingerprint density at radius 1 is 1.16 bits per heavy atom. The zero-order valence-electron chi connectivity index (χ0n) is 13.0. The lowest BCUT2D eigenvalue weighted by atomic mass is 9.94. The topological polar surface area (TPSA) is 62.2 Å². The van der Waals surface area contributed by atoms with Gasteiger partial charge in [-0.05, 0) is 40.4 Å². The van der Waals surface area contributed by atoms with Crippen LogP contribution in [-0.4, -0.2) is 22.5 Å². The van der Waals surface area contributed by atoms with Gasteiger partial charge in [-0.15, -0.1) is 22.7 Å². The van der Waals surface area contributed by atoms with Gasteiger partial charge in [0.15, 0.2) is 5.01 Å². The van der Waals surface area contributed by atoms with Crippen LogP contribution in [0.3, 0.4) is 0 Å². The lowest BCUT2D eigenvalue weighted by Gasteiger charge is -2.26. The SMILES string of the molecule is O=C(NC[C@@](O)(c1ccsc1)c1cccs1)c1nc2ccccc2s1. The molecule has 4 aromatic rings. The molecule has 0 saturated heterocycles. The Morgan fingerprint density at radius 3 is 2.76 bits per heavy atom. The zero-order chi connectivity index (χ0) is 17.3. The summed E-state index contributed by atoms with van der Waals surface area (Å²) >= 11 is 4.34. The molecular weight excluding hydrogens is 372 g/mol. The molecule has 3 aromatic heterocycles. The van der Waals surface area contributed by atoms with Crippen LogP contribution in [0, 0.1) is 0 Å². The van der Waals surface area contributed by atoms with Gasteiger partial charge in [-0.2, -0.15) is 11.3 Å². The van der Waals surface area contributed by atoms with E-state index in [-0.39, 0.29) is 12.5 Å². The van der Waals surface area contributed by atoms with Crippen molar-refractivity contribution >= 4 is 50.1 Å². The average molecular weight is 387 g/mol. The number of hydrogen-bond acceptors (Lipinski definition) is 6. The van der Waals surface area contributed by atoms with Gasteiger partial charge in [0.2, 0.25) is 0 Å². The number of nitrogens with zero attached hydrogens (tertiary/aromatic N) is 1. The minimum absolute atomic E-state index is 0.0962. The second-order valence-corrected chi connectivity index (χ2v) is 8.28. The van der Waals surface area contributed by atoms with Crippen molar-refractivity contribution in [1.82, 2.24) is 10.3 Å². The lowest BCUT2D eigenvalue weighted by molar-refractivity contribution is 0.0721. The first-order valence-corrected chi connectivity index (χ1v) is 10.2. The van der Waals surface area contributed by atoms with Crippen molar-refractivity contribution < 1.29 is 9.90 Å². The molecule has 3 heterocycles. The first-order valence-electron chi connectivity index (χ1n) is 7.59. The van der Waals surface area contributed by atoms with E-state index in [1.54, 1.807) is 0 Å². The number of aliphatic hydroxyl groups is 1. The molecule has 25 heavy (non-hydrogen) atoms. The normalized spacial score (nSPS) is 13.6. The van der Waals surface area contributed by atoms with Gasteiger partial charge in [-0.1, -0.05) is 18.2 Å². The van der Waals surface area contributed by atoms with Crippen LogP contribution >= 0.6 is 34.0 Å². The fourth-order valence-electron chi connectivity index (χ4n) is 2.60. The third-order valence-electron chi connectivity index (χ3n) is 3.92. The van der Waals surface area contributed by atoms with Crippen molar-refractivity contribution in [3.8, 4) is 0 Å². The monoisotopic (exact) mass is 386 g/mol. The minimum atomic E-state index is -1.24. The van der Waals surface area contributed by atoms with Crippen molar-refractivity contribution in [2.45, 2.75) is 5.60 Å². The van der Waals surface area contributed by atoms with Crippen LogP contribution in [-0.2, 0) is 5.60 Å². The van der Waals surface area contributed by atoms with Gasteiger partial charge in [0.25, 0.3) is 5.91 Å². The Balaban J connectivity index is 1.58. The molecule has 0 bridgehead atoms. The number of para-hydroxylation sites is 1. The first-order chi connectivity index (χ1) is 12.2. The number of thiazole rings is 1. The number of fused-ring (bicyclic) bond motifs is 1. The summed E-state index contributed by atoms with van der Waals surface area (Å²) in [4.78, 5) is 17.7. The number of benzene rings is 1. The van der Waals surface area contributed by atoms with Crippen LogP contribution in [0.25, 0.3) is 10.2 Å². The summed E-state index contributed by atoms with van der Waals surface area (Å²) in [6.07, 6.45) is 0. The standard InChI is InChI=1S/C18H14N2O2S3/c21-16(17-20-13-4-1-2-5-14(13)25-17)19-11-18(22,12-7-9-23-10-12)15-6-3-8-24-15/h1-10,22H,11H2,(H,19,21)/t18-/m1/s1. The van der Waals surface area contributed by atoms with E-state index in [0.717, 1.165) is 20.7 Å². The van der Waals surface area contributed by atoms with Crippen LogP contribution in [0.5, 0.6) is 0 Å². The molecule has 4 nitrogen and oxygen atoms in total. The molecule has 1 aromatic carbocycles. The van der Waals surface area contributed by atoms with Gasteiger partial charge >= 0.3 is 0 Å². The molecule has 0 aliphatic carbocycles. The zero-order valence-corrected chi connectivity index (χ0v) is 15.5. The van der Waals surface area contributed by atoms with E-state index >= 15 is 0 Å². The van der Waals surface area contributed by atoms with Crippen LogP contribution in [0.1, 0.15) is 20.2 Å². The third-order valence-corrected chi connectivity index (χ3v) is 6.66. The molecule has 1 amide bonds. The quantitative estimate of drug-likeness (QED) is 0.543.